The van der Waals surface area contributed by atoms with E-state index in [-0.39, 0.29) is 5.91 Å². The number of aryl methyl sites for hydroxylation is 1. The van der Waals surface area contributed by atoms with Gasteiger partial charge in [-0.25, -0.2) is 0 Å². The minimum Gasteiger partial charge on any atom is -0.380 e. The van der Waals surface area contributed by atoms with Crippen LogP contribution in [-0.4, -0.2) is 28.1 Å². The smallest absolute Gasteiger partial charge is 0.251 e. The lowest BCUT2D eigenvalue weighted by molar-refractivity contribution is -0.139. The predicted octanol–water partition coefficient (Wildman–Crippen LogP) is 2.52. The summed E-state index contributed by atoms with van der Waals surface area (Å²) in [6.07, 6.45) is 6.92. The van der Waals surface area contributed by atoms with Crippen molar-refractivity contribution >= 4 is 16.8 Å². The van der Waals surface area contributed by atoms with Gasteiger partial charge in [-0.15, -0.1) is 0 Å². The molecule has 0 spiro atoms. The van der Waals surface area contributed by atoms with Crippen LogP contribution < -0.4 is 5.32 Å². The average Bonchev–Trinajstić information content (AvgIpc) is 3.11. The normalized spacial score (nSPS) is 17.2. The maximum Gasteiger partial charge on any atom is 0.251 e. The highest BCUT2D eigenvalue weighted by Crippen LogP contribution is 2.29. The number of aliphatic hydroxyl groups is 1. The number of rotatable bonds is 5. The van der Waals surface area contributed by atoms with Gasteiger partial charge in [-0.05, 0) is 50.2 Å². The lowest BCUT2D eigenvalue weighted by Crippen LogP contribution is -2.45. The minimum absolute atomic E-state index is 0.195. The van der Waals surface area contributed by atoms with Gasteiger partial charge in [0.1, 0.15) is 5.60 Å². The summed E-state index contributed by atoms with van der Waals surface area (Å²) in [6.45, 7) is 0.612. The van der Waals surface area contributed by atoms with Crippen LogP contribution in [0.5, 0.6) is 0 Å². The van der Waals surface area contributed by atoms with Crippen LogP contribution in [0.3, 0.4) is 0 Å². The summed E-state index contributed by atoms with van der Waals surface area (Å²) in [4.78, 5) is 15.2. The molecule has 2 aromatic rings. The van der Waals surface area contributed by atoms with Crippen molar-refractivity contribution in [2.45, 2.75) is 44.1 Å². The van der Waals surface area contributed by atoms with Gasteiger partial charge in [-0.1, -0.05) is 18.2 Å². The average molecular weight is 286 g/mol. The number of carbonyl (C=O) groups is 1. The van der Waals surface area contributed by atoms with Crippen molar-refractivity contribution < 1.29 is 9.90 Å². The number of fused-ring (bicyclic) bond motifs is 1. The lowest BCUT2D eigenvalue weighted by atomic mass is 10.0. The SMILES string of the molecule is O=C(NCCCc1c[nH]c2ccccc12)C1(O)CCCC1. The Balaban J connectivity index is 1.49. The molecule has 1 saturated carbocycles. The van der Waals surface area contributed by atoms with Gasteiger partial charge in [0.05, 0.1) is 0 Å². The first kappa shape index (κ1) is 14.1. The standard InChI is InChI=1S/C17H22N2O2/c20-16(17(21)9-3-4-10-17)18-11-5-6-13-12-19-15-8-2-1-7-14(13)15/h1-2,7-8,12,19,21H,3-6,9-11H2,(H,18,20). The Morgan fingerprint density at radius 2 is 2.05 bits per heavy atom. The highest BCUT2D eigenvalue weighted by Gasteiger charge is 2.38. The largest absolute Gasteiger partial charge is 0.380 e. The van der Waals surface area contributed by atoms with Crippen molar-refractivity contribution in [2.75, 3.05) is 6.54 Å². The Morgan fingerprint density at radius 3 is 2.86 bits per heavy atom. The highest BCUT2D eigenvalue weighted by atomic mass is 16.3. The van der Waals surface area contributed by atoms with E-state index in [1.54, 1.807) is 0 Å². The molecular formula is C17H22N2O2. The van der Waals surface area contributed by atoms with Gasteiger partial charge in [-0.2, -0.15) is 0 Å². The van der Waals surface area contributed by atoms with Crippen LogP contribution in [0.15, 0.2) is 30.5 Å². The van der Waals surface area contributed by atoms with Gasteiger partial charge < -0.3 is 15.4 Å². The fourth-order valence-electron chi connectivity index (χ4n) is 3.17. The van der Waals surface area contributed by atoms with Crippen LogP contribution in [0, 0.1) is 0 Å². The van der Waals surface area contributed by atoms with Crippen LogP contribution in [-0.2, 0) is 11.2 Å². The van der Waals surface area contributed by atoms with E-state index in [1.807, 2.05) is 18.3 Å². The Kier molecular flexibility index (Phi) is 3.97. The van der Waals surface area contributed by atoms with E-state index >= 15 is 0 Å². The molecule has 4 heteroatoms. The molecule has 0 saturated heterocycles. The maximum absolute atomic E-state index is 12.0. The minimum atomic E-state index is -1.11. The number of hydrogen-bond acceptors (Lipinski definition) is 2. The van der Waals surface area contributed by atoms with Gasteiger partial charge >= 0.3 is 0 Å². The molecule has 1 aromatic heterocycles. The summed E-state index contributed by atoms with van der Waals surface area (Å²) in [6, 6.07) is 8.24. The first-order valence-corrected chi connectivity index (χ1v) is 7.75. The molecule has 1 aliphatic carbocycles. The molecular weight excluding hydrogens is 264 g/mol. The summed E-state index contributed by atoms with van der Waals surface area (Å²) >= 11 is 0. The number of carbonyl (C=O) groups excluding carboxylic acids is 1. The second-order valence-electron chi connectivity index (χ2n) is 5.96. The molecule has 1 fully saturated rings. The molecule has 0 radical (unpaired) electrons. The topological polar surface area (TPSA) is 65.1 Å². The fourth-order valence-corrected chi connectivity index (χ4v) is 3.17. The molecule has 0 unspecified atom stereocenters. The highest BCUT2D eigenvalue weighted by molar-refractivity contribution is 5.85. The summed E-state index contributed by atoms with van der Waals surface area (Å²) in [5, 5.41) is 14.3. The molecule has 1 aliphatic rings. The summed E-state index contributed by atoms with van der Waals surface area (Å²) in [7, 11) is 0. The number of nitrogens with one attached hydrogen (secondary N) is 2. The van der Waals surface area contributed by atoms with Crippen LogP contribution in [0.4, 0.5) is 0 Å². The molecule has 0 aliphatic heterocycles. The van der Waals surface area contributed by atoms with E-state index in [9.17, 15) is 9.90 Å². The molecule has 1 heterocycles. The third-order valence-corrected chi connectivity index (χ3v) is 4.44. The predicted molar refractivity (Wildman–Crippen MR) is 83.0 cm³/mol. The molecule has 0 bridgehead atoms. The molecule has 3 rings (SSSR count). The van der Waals surface area contributed by atoms with Crippen molar-refractivity contribution in [1.82, 2.24) is 10.3 Å². The number of aromatic nitrogens is 1. The van der Waals surface area contributed by atoms with Crippen LogP contribution in [0.2, 0.25) is 0 Å². The van der Waals surface area contributed by atoms with Crippen LogP contribution in [0.25, 0.3) is 10.9 Å². The van der Waals surface area contributed by atoms with E-state index in [2.05, 4.69) is 22.4 Å². The number of H-pyrrole nitrogens is 1. The molecule has 0 atom stereocenters. The van der Waals surface area contributed by atoms with Crippen LogP contribution >= 0.6 is 0 Å². The first-order valence-electron chi connectivity index (χ1n) is 7.75. The Labute approximate surface area is 124 Å². The lowest BCUT2D eigenvalue weighted by Gasteiger charge is -2.20. The van der Waals surface area contributed by atoms with E-state index in [0.717, 1.165) is 31.2 Å². The Hall–Kier alpha value is -1.81. The molecule has 1 aromatic carbocycles. The molecule has 1 amide bonds. The quantitative estimate of drug-likeness (QED) is 0.739. The zero-order chi connectivity index (χ0) is 14.7. The van der Waals surface area contributed by atoms with E-state index in [4.69, 9.17) is 0 Å². The Morgan fingerprint density at radius 1 is 1.29 bits per heavy atom. The van der Waals surface area contributed by atoms with Crippen molar-refractivity contribution in [1.29, 1.82) is 0 Å². The van der Waals surface area contributed by atoms with Crippen molar-refractivity contribution in [3.05, 3.63) is 36.0 Å². The number of amides is 1. The summed E-state index contributed by atoms with van der Waals surface area (Å²) < 4.78 is 0. The fraction of sp³-hybridized carbons (Fsp3) is 0.471. The number of benzene rings is 1. The zero-order valence-electron chi connectivity index (χ0n) is 12.2. The third kappa shape index (κ3) is 2.95. The van der Waals surface area contributed by atoms with Crippen molar-refractivity contribution in [3.8, 4) is 0 Å². The van der Waals surface area contributed by atoms with E-state index in [0.29, 0.717) is 19.4 Å². The van der Waals surface area contributed by atoms with Gasteiger partial charge in [0, 0.05) is 23.6 Å². The summed E-state index contributed by atoms with van der Waals surface area (Å²) in [5.74, 6) is -0.195. The van der Waals surface area contributed by atoms with Gasteiger partial charge in [0.25, 0.3) is 5.91 Å². The molecule has 4 nitrogen and oxygen atoms in total. The third-order valence-electron chi connectivity index (χ3n) is 4.44. The monoisotopic (exact) mass is 286 g/mol. The van der Waals surface area contributed by atoms with Crippen molar-refractivity contribution in [3.63, 3.8) is 0 Å². The van der Waals surface area contributed by atoms with Gasteiger partial charge in [-0.3, -0.25) is 4.79 Å². The van der Waals surface area contributed by atoms with E-state index in [1.165, 1.54) is 10.9 Å². The number of hydrogen-bond donors (Lipinski definition) is 3. The van der Waals surface area contributed by atoms with E-state index < -0.39 is 5.60 Å². The molecule has 21 heavy (non-hydrogen) atoms. The van der Waals surface area contributed by atoms with Crippen molar-refractivity contribution in [2.24, 2.45) is 0 Å². The Bertz CT molecular complexity index is 627. The summed E-state index contributed by atoms with van der Waals surface area (Å²) in [5.41, 5.74) is 1.32. The maximum atomic E-state index is 12.0. The van der Waals surface area contributed by atoms with Crippen LogP contribution in [0.1, 0.15) is 37.7 Å². The second kappa shape index (κ2) is 5.90. The number of para-hydroxylation sites is 1. The second-order valence-corrected chi connectivity index (χ2v) is 5.96. The van der Waals surface area contributed by atoms with Gasteiger partial charge in [0.15, 0.2) is 0 Å². The molecule has 112 valence electrons. The molecule has 3 N–H and O–H groups in total. The van der Waals surface area contributed by atoms with Gasteiger partial charge in [0.2, 0.25) is 0 Å². The zero-order valence-corrected chi connectivity index (χ0v) is 12.2. The number of aromatic amines is 1. The first-order chi connectivity index (χ1) is 10.2.